The number of hydrogen-bond acceptors (Lipinski definition) is 5. The fourth-order valence-electron chi connectivity index (χ4n) is 1.54. The van der Waals surface area contributed by atoms with E-state index in [9.17, 15) is 4.79 Å². The number of hydrogen-bond donors (Lipinski definition) is 2. The molecule has 17 heavy (non-hydrogen) atoms. The van der Waals surface area contributed by atoms with Crippen molar-refractivity contribution >= 4 is 0 Å². The van der Waals surface area contributed by atoms with Crippen molar-refractivity contribution in [3.63, 3.8) is 0 Å². The van der Waals surface area contributed by atoms with Crippen LogP contribution in [0.3, 0.4) is 0 Å². The maximum atomic E-state index is 11.2. The third-order valence-corrected chi connectivity index (χ3v) is 2.49. The second-order valence-corrected chi connectivity index (χ2v) is 3.95. The second kappa shape index (κ2) is 7.09. The number of nitrogens with zero attached hydrogens (tertiary/aromatic N) is 1. The predicted molar refractivity (Wildman–Crippen MR) is 63.9 cm³/mol. The van der Waals surface area contributed by atoms with Gasteiger partial charge in [-0.2, -0.15) is 0 Å². The molecule has 0 atom stereocenters. The number of aliphatic hydroxyl groups excluding tert-OH is 1. The molecule has 0 spiro atoms. The highest BCUT2D eigenvalue weighted by Gasteiger charge is 2.08. The quantitative estimate of drug-likeness (QED) is 0.743. The summed E-state index contributed by atoms with van der Waals surface area (Å²) in [5.74, 6) is 0.119. The summed E-state index contributed by atoms with van der Waals surface area (Å²) in [6.45, 7) is 4.03. The molecule has 1 aromatic heterocycles. The molecule has 0 aliphatic heterocycles. The van der Waals surface area contributed by atoms with Crippen molar-refractivity contribution in [3.8, 4) is 5.75 Å². The first-order chi connectivity index (χ1) is 8.17. The van der Waals surface area contributed by atoms with Crippen LogP contribution in [-0.4, -0.2) is 34.8 Å². The third kappa shape index (κ3) is 4.58. The Bertz CT molecular complexity index is 388. The third-order valence-electron chi connectivity index (χ3n) is 2.49. The summed E-state index contributed by atoms with van der Waals surface area (Å²) in [6.07, 6.45) is 3.15. The maximum Gasteiger partial charge on any atom is 0.226 e. The Morgan fingerprint density at radius 2 is 2.18 bits per heavy atom. The molecule has 2 N–H and O–H groups in total. The molecule has 96 valence electrons. The molecule has 5 heteroatoms. The molecule has 1 rings (SSSR count). The number of rotatable bonds is 7. The number of unbranched alkanes of at least 4 members (excludes halogenated alkanes) is 1. The molecular formula is C12H19NO4. The number of aromatic hydroxyl groups is 1. The largest absolute Gasteiger partial charge is 0.502 e. The highest BCUT2D eigenvalue weighted by atomic mass is 16.4. The second-order valence-electron chi connectivity index (χ2n) is 3.95. The molecule has 0 saturated heterocycles. The Morgan fingerprint density at radius 1 is 1.41 bits per heavy atom. The predicted octanol–water partition coefficient (Wildman–Crippen LogP) is 0.940. The van der Waals surface area contributed by atoms with Gasteiger partial charge in [0.25, 0.3) is 0 Å². The molecule has 0 bridgehead atoms. The molecule has 1 aromatic rings. The van der Waals surface area contributed by atoms with E-state index < -0.39 is 5.43 Å². The average molecular weight is 241 g/mol. The standard InChI is InChI=1S/C12H19NO4/c1-2-3-4-13(5-6-14)8-10-7-11(15)12(16)9-17-10/h7,9,14,16H,2-6,8H2,1H3. The van der Waals surface area contributed by atoms with E-state index in [1.807, 2.05) is 4.90 Å². The van der Waals surface area contributed by atoms with Gasteiger partial charge in [-0.1, -0.05) is 13.3 Å². The van der Waals surface area contributed by atoms with Gasteiger partial charge in [-0.15, -0.1) is 0 Å². The highest BCUT2D eigenvalue weighted by molar-refractivity contribution is 5.15. The normalized spacial score (nSPS) is 11.0. The summed E-state index contributed by atoms with van der Waals surface area (Å²) in [5, 5.41) is 18.0. The molecular weight excluding hydrogens is 222 g/mol. The van der Waals surface area contributed by atoms with E-state index in [-0.39, 0.29) is 12.4 Å². The lowest BCUT2D eigenvalue weighted by atomic mass is 10.3. The van der Waals surface area contributed by atoms with Crippen molar-refractivity contribution in [3.05, 3.63) is 28.3 Å². The molecule has 0 radical (unpaired) electrons. The van der Waals surface area contributed by atoms with E-state index in [1.54, 1.807) is 0 Å². The summed E-state index contributed by atoms with van der Waals surface area (Å²) >= 11 is 0. The van der Waals surface area contributed by atoms with E-state index in [4.69, 9.17) is 14.6 Å². The SMILES string of the molecule is CCCCN(CCO)Cc1cc(=O)c(O)co1. The lowest BCUT2D eigenvalue weighted by Crippen LogP contribution is -2.27. The lowest BCUT2D eigenvalue weighted by molar-refractivity contribution is 0.177. The summed E-state index contributed by atoms with van der Waals surface area (Å²) in [6, 6.07) is 1.28. The zero-order chi connectivity index (χ0) is 12.7. The van der Waals surface area contributed by atoms with Crippen LogP contribution in [0.5, 0.6) is 5.75 Å². The van der Waals surface area contributed by atoms with Gasteiger partial charge >= 0.3 is 0 Å². The van der Waals surface area contributed by atoms with Gasteiger partial charge in [0.15, 0.2) is 5.75 Å². The topological polar surface area (TPSA) is 73.9 Å². The molecule has 5 nitrogen and oxygen atoms in total. The van der Waals surface area contributed by atoms with Crippen LogP contribution in [0, 0.1) is 0 Å². The van der Waals surface area contributed by atoms with Gasteiger partial charge in [0.05, 0.1) is 13.2 Å². The minimum Gasteiger partial charge on any atom is -0.502 e. The summed E-state index contributed by atoms with van der Waals surface area (Å²) in [4.78, 5) is 13.2. The average Bonchev–Trinajstić information content (AvgIpc) is 2.31. The fourth-order valence-corrected chi connectivity index (χ4v) is 1.54. The van der Waals surface area contributed by atoms with E-state index in [0.717, 1.165) is 25.6 Å². The summed E-state index contributed by atoms with van der Waals surface area (Å²) in [7, 11) is 0. The minimum atomic E-state index is -0.439. The lowest BCUT2D eigenvalue weighted by Gasteiger charge is -2.19. The molecule has 0 unspecified atom stereocenters. The van der Waals surface area contributed by atoms with E-state index >= 15 is 0 Å². The van der Waals surface area contributed by atoms with Gasteiger partial charge in [-0.25, -0.2) is 0 Å². The zero-order valence-electron chi connectivity index (χ0n) is 10.1. The zero-order valence-corrected chi connectivity index (χ0v) is 10.1. The number of aliphatic hydroxyl groups is 1. The molecule has 0 amide bonds. The Kier molecular flexibility index (Phi) is 5.72. The van der Waals surface area contributed by atoms with Crippen LogP contribution in [0.25, 0.3) is 0 Å². The first-order valence-electron chi connectivity index (χ1n) is 5.81. The van der Waals surface area contributed by atoms with Crippen LogP contribution in [-0.2, 0) is 6.54 Å². The van der Waals surface area contributed by atoms with Crippen LogP contribution in [0.15, 0.2) is 21.5 Å². The van der Waals surface area contributed by atoms with Crippen LogP contribution in [0.2, 0.25) is 0 Å². The van der Waals surface area contributed by atoms with Gasteiger partial charge in [-0.3, -0.25) is 9.69 Å². The molecule has 0 aliphatic rings. The molecule has 0 saturated carbocycles. The van der Waals surface area contributed by atoms with Gasteiger partial charge in [-0.05, 0) is 13.0 Å². The van der Waals surface area contributed by atoms with Gasteiger partial charge in [0, 0.05) is 12.6 Å². The first-order valence-corrected chi connectivity index (χ1v) is 5.81. The summed E-state index contributed by atoms with van der Waals surface area (Å²) in [5.41, 5.74) is -0.439. The Labute approximate surface area is 100 Å². The van der Waals surface area contributed by atoms with Crippen LogP contribution >= 0.6 is 0 Å². The van der Waals surface area contributed by atoms with Crippen molar-refractivity contribution in [2.24, 2.45) is 0 Å². The molecule has 0 aliphatic carbocycles. The minimum absolute atomic E-state index is 0.0754. The van der Waals surface area contributed by atoms with Crippen LogP contribution in [0.4, 0.5) is 0 Å². The van der Waals surface area contributed by atoms with Crippen molar-refractivity contribution in [1.29, 1.82) is 0 Å². The van der Waals surface area contributed by atoms with Crippen molar-refractivity contribution in [2.45, 2.75) is 26.3 Å². The molecule has 0 fully saturated rings. The smallest absolute Gasteiger partial charge is 0.226 e. The Balaban J connectivity index is 2.64. The fraction of sp³-hybridized carbons (Fsp3) is 0.583. The first kappa shape index (κ1) is 13.7. The van der Waals surface area contributed by atoms with Crippen LogP contribution < -0.4 is 5.43 Å². The highest BCUT2D eigenvalue weighted by Crippen LogP contribution is 2.07. The van der Waals surface area contributed by atoms with Gasteiger partial charge in [0.2, 0.25) is 5.43 Å². The Hall–Kier alpha value is -1.33. The van der Waals surface area contributed by atoms with E-state index in [0.29, 0.717) is 18.8 Å². The van der Waals surface area contributed by atoms with Crippen molar-refractivity contribution in [1.82, 2.24) is 4.90 Å². The van der Waals surface area contributed by atoms with E-state index in [1.165, 1.54) is 6.07 Å². The molecule has 0 aromatic carbocycles. The molecule has 1 heterocycles. The van der Waals surface area contributed by atoms with Gasteiger partial charge in [0.1, 0.15) is 12.0 Å². The van der Waals surface area contributed by atoms with E-state index in [2.05, 4.69) is 6.92 Å². The van der Waals surface area contributed by atoms with Crippen molar-refractivity contribution in [2.75, 3.05) is 19.7 Å². The monoisotopic (exact) mass is 241 g/mol. The van der Waals surface area contributed by atoms with Crippen molar-refractivity contribution < 1.29 is 14.6 Å². The van der Waals surface area contributed by atoms with Crippen LogP contribution in [0.1, 0.15) is 25.5 Å². The van der Waals surface area contributed by atoms with Gasteiger partial charge < -0.3 is 14.6 Å². The maximum absolute atomic E-state index is 11.2. The summed E-state index contributed by atoms with van der Waals surface area (Å²) < 4.78 is 5.12. The Morgan fingerprint density at radius 3 is 2.76 bits per heavy atom.